The number of piperidine rings is 1. The number of benzene rings is 2. The number of rotatable bonds is 5. The van der Waals surface area contributed by atoms with Gasteiger partial charge >= 0.3 is 12.1 Å². The highest BCUT2D eigenvalue weighted by atomic mass is 16.6. The number of fused-ring (bicyclic) bond motifs is 3. The summed E-state index contributed by atoms with van der Waals surface area (Å²) in [5, 5.41) is 22.9. The van der Waals surface area contributed by atoms with Crippen LogP contribution in [0, 0.1) is 10.1 Å². The number of ketones is 1. The van der Waals surface area contributed by atoms with Crippen LogP contribution in [0.1, 0.15) is 40.4 Å². The molecule has 14 heteroatoms. The Labute approximate surface area is 233 Å². The number of anilines is 1. The van der Waals surface area contributed by atoms with Gasteiger partial charge in [0.25, 0.3) is 5.69 Å². The van der Waals surface area contributed by atoms with Gasteiger partial charge in [-0.1, -0.05) is 12.1 Å². The van der Waals surface area contributed by atoms with E-state index in [0.717, 1.165) is 0 Å². The summed E-state index contributed by atoms with van der Waals surface area (Å²) in [6.07, 6.45) is 0.628. The molecular formula is C27H27N7O7. The summed E-state index contributed by atoms with van der Waals surface area (Å²) in [4.78, 5) is 50.9. The fourth-order valence-electron chi connectivity index (χ4n) is 5.42. The summed E-state index contributed by atoms with van der Waals surface area (Å²) in [5.74, 6) is -0.0180. The van der Waals surface area contributed by atoms with Crippen LogP contribution in [-0.2, 0) is 4.74 Å². The third-order valence-corrected chi connectivity index (χ3v) is 7.50. The van der Waals surface area contributed by atoms with Crippen molar-refractivity contribution in [1.82, 2.24) is 25.5 Å². The quantitative estimate of drug-likeness (QED) is 0.244. The lowest BCUT2D eigenvalue weighted by Gasteiger charge is -2.31. The number of aromatic nitrogens is 2. The van der Waals surface area contributed by atoms with Crippen LogP contribution in [0.4, 0.5) is 21.0 Å². The number of H-pyrrole nitrogens is 1. The number of morpholine rings is 1. The Kier molecular flexibility index (Phi) is 7.07. The molecule has 3 heterocycles. The summed E-state index contributed by atoms with van der Waals surface area (Å²) in [5.41, 5.74) is 5.93. The Bertz CT molecular complexity index is 1510. The molecule has 2 aromatic carbocycles. The molecule has 6 rings (SSSR count). The van der Waals surface area contributed by atoms with Gasteiger partial charge in [-0.05, 0) is 31.0 Å². The molecule has 2 fully saturated rings. The molecule has 0 radical (unpaired) electrons. The van der Waals surface area contributed by atoms with E-state index in [1.807, 2.05) is 6.07 Å². The summed E-state index contributed by atoms with van der Waals surface area (Å²) in [6.45, 7) is 3.02. The first kappa shape index (κ1) is 26.4. The van der Waals surface area contributed by atoms with Crippen LogP contribution in [0.5, 0.6) is 5.75 Å². The van der Waals surface area contributed by atoms with Gasteiger partial charge in [0.2, 0.25) is 0 Å². The Morgan fingerprint density at radius 1 is 1.05 bits per heavy atom. The number of hydrogen-bond donors (Lipinski definition) is 3. The molecule has 3 aromatic rings. The number of nitrogens with zero attached hydrogens (tertiary/aromatic N) is 4. The van der Waals surface area contributed by atoms with Crippen LogP contribution in [0.2, 0.25) is 0 Å². The zero-order valence-corrected chi connectivity index (χ0v) is 21.9. The molecule has 2 saturated heterocycles. The van der Waals surface area contributed by atoms with Gasteiger partial charge in [0.1, 0.15) is 11.4 Å². The zero-order chi connectivity index (χ0) is 28.5. The number of urea groups is 1. The second kappa shape index (κ2) is 11.0. The Morgan fingerprint density at radius 3 is 2.49 bits per heavy atom. The van der Waals surface area contributed by atoms with Crippen molar-refractivity contribution in [2.24, 2.45) is 0 Å². The second-order valence-corrected chi connectivity index (χ2v) is 9.96. The van der Waals surface area contributed by atoms with E-state index in [2.05, 4.69) is 20.9 Å². The lowest BCUT2D eigenvalue weighted by molar-refractivity contribution is -0.384. The van der Waals surface area contributed by atoms with Gasteiger partial charge in [0.15, 0.2) is 5.78 Å². The van der Waals surface area contributed by atoms with Gasteiger partial charge in [-0.2, -0.15) is 5.10 Å². The van der Waals surface area contributed by atoms with E-state index in [4.69, 9.17) is 9.47 Å². The van der Waals surface area contributed by atoms with Crippen LogP contribution >= 0.6 is 0 Å². The maximum Gasteiger partial charge on any atom is 0.415 e. The average molecular weight is 562 g/mol. The SMILES string of the molecule is O=C(Nc1cccc2c1C(=O)c1c-2n[nH]c1C1CCN(C(=O)Oc2ccc([N+](=O)[O-])cc2)CC1)NN1CCOCC1. The smallest absolute Gasteiger partial charge is 0.410 e. The van der Waals surface area contributed by atoms with Gasteiger partial charge < -0.3 is 19.7 Å². The fourth-order valence-corrected chi connectivity index (χ4v) is 5.42. The number of likely N-dealkylation sites (tertiary alicyclic amines) is 1. The predicted octanol–water partition coefficient (Wildman–Crippen LogP) is 3.28. The standard InChI is InChI=1S/C27H27N7O7/c35-25-21-19(2-1-3-20(21)28-26(36)31-33-12-14-40-15-13-33)24-22(25)23(29-30-24)16-8-10-32(11-9-16)27(37)41-18-6-4-17(5-7-18)34(38)39/h1-7,16H,8-15H2,(H,29,30)(H2,28,31,36). The number of nitrogens with one attached hydrogen (secondary N) is 3. The number of hydrogen-bond acceptors (Lipinski definition) is 9. The van der Waals surface area contributed by atoms with Gasteiger partial charge in [0, 0.05) is 49.8 Å². The summed E-state index contributed by atoms with van der Waals surface area (Å²) in [6, 6.07) is 10.2. The minimum Gasteiger partial charge on any atom is -0.410 e. The molecule has 2 aliphatic heterocycles. The number of nitro benzene ring substituents is 1. The van der Waals surface area contributed by atoms with Gasteiger partial charge in [-0.3, -0.25) is 25.4 Å². The highest BCUT2D eigenvalue weighted by molar-refractivity contribution is 6.25. The number of aromatic amines is 1. The number of hydrazine groups is 1. The van der Waals surface area contributed by atoms with Crippen LogP contribution in [-0.4, -0.2) is 82.3 Å². The molecule has 3 N–H and O–H groups in total. The Morgan fingerprint density at radius 2 is 1.78 bits per heavy atom. The predicted molar refractivity (Wildman–Crippen MR) is 145 cm³/mol. The molecule has 0 bridgehead atoms. The molecule has 0 unspecified atom stereocenters. The molecule has 0 spiro atoms. The van der Waals surface area contributed by atoms with Crippen molar-refractivity contribution >= 4 is 29.3 Å². The minimum absolute atomic E-state index is 0.0334. The number of non-ortho nitro benzene ring substituents is 1. The van der Waals surface area contributed by atoms with E-state index in [1.165, 1.54) is 24.3 Å². The normalized spacial score (nSPS) is 17.1. The summed E-state index contributed by atoms with van der Waals surface area (Å²) >= 11 is 0. The largest absolute Gasteiger partial charge is 0.415 e. The van der Waals surface area contributed by atoms with Crippen LogP contribution < -0.4 is 15.5 Å². The monoisotopic (exact) mass is 561 g/mol. The van der Waals surface area contributed by atoms with E-state index < -0.39 is 17.0 Å². The van der Waals surface area contributed by atoms with Crippen LogP contribution in [0.3, 0.4) is 0 Å². The third-order valence-electron chi connectivity index (χ3n) is 7.50. The first-order chi connectivity index (χ1) is 19.9. The van der Waals surface area contributed by atoms with E-state index in [1.54, 1.807) is 22.0 Å². The van der Waals surface area contributed by atoms with Crippen molar-refractivity contribution in [2.45, 2.75) is 18.8 Å². The van der Waals surface area contributed by atoms with Gasteiger partial charge in [0.05, 0.1) is 40.6 Å². The maximum atomic E-state index is 13.7. The van der Waals surface area contributed by atoms with Crippen LogP contribution in [0.15, 0.2) is 42.5 Å². The van der Waals surface area contributed by atoms with Crippen molar-refractivity contribution in [3.05, 3.63) is 69.4 Å². The molecule has 3 aliphatic rings. The van der Waals surface area contributed by atoms with Crippen molar-refractivity contribution in [3.63, 3.8) is 0 Å². The molecule has 41 heavy (non-hydrogen) atoms. The van der Waals surface area contributed by atoms with Crippen molar-refractivity contribution in [1.29, 1.82) is 0 Å². The number of nitro groups is 1. The maximum absolute atomic E-state index is 13.7. The highest BCUT2D eigenvalue weighted by Crippen LogP contribution is 2.43. The number of ether oxygens (including phenoxy) is 2. The molecule has 3 amide bonds. The summed E-state index contributed by atoms with van der Waals surface area (Å²) < 4.78 is 10.7. The Balaban J connectivity index is 1.10. The molecule has 0 saturated carbocycles. The Hall–Kier alpha value is -4.82. The second-order valence-electron chi connectivity index (χ2n) is 9.96. The first-order valence-corrected chi connectivity index (χ1v) is 13.3. The van der Waals surface area contributed by atoms with Crippen molar-refractivity contribution in [3.8, 4) is 17.0 Å². The molecule has 212 valence electrons. The lowest BCUT2D eigenvalue weighted by Crippen LogP contribution is -2.49. The third kappa shape index (κ3) is 5.21. The van der Waals surface area contributed by atoms with Gasteiger partial charge in [-0.15, -0.1) is 0 Å². The lowest BCUT2D eigenvalue weighted by atomic mass is 9.90. The number of carbonyl (C=O) groups is 3. The van der Waals surface area contributed by atoms with E-state index in [-0.39, 0.29) is 23.1 Å². The van der Waals surface area contributed by atoms with E-state index in [0.29, 0.717) is 86.0 Å². The van der Waals surface area contributed by atoms with Crippen molar-refractivity contribution in [2.75, 3.05) is 44.7 Å². The van der Waals surface area contributed by atoms with Crippen LogP contribution in [0.25, 0.3) is 11.3 Å². The zero-order valence-electron chi connectivity index (χ0n) is 21.9. The number of carbonyl (C=O) groups excluding carboxylic acids is 3. The minimum atomic E-state index is -0.540. The topological polar surface area (TPSA) is 172 Å². The van der Waals surface area contributed by atoms with E-state index in [9.17, 15) is 24.5 Å². The summed E-state index contributed by atoms with van der Waals surface area (Å²) in [7, 11) is 0. The highest BCUT2D eigenvalue weighted by Gasteiger charge is 2.38. The number of amides is 3. The average Bonchev–Trinajstić information content (AvgIpc) is 3.54. The fraction of sp³-hybridized carbons (Fsp3) is 0.333. The van der Waals surface area contributed by atoms with E-state index >= 15 is 0 Å². The molecule has 1 aromatic heterocycles. The molecule has 14 nitrogen and oxygen atoms in total. The molecule has 1 aliphatic carbocycles. The molecular weight excluding hydrogens is 534 g/mol. The molecule has 0 atom stereocenters. The van der Waals surface area contributed by atoms with Gasteiger partial charge in [-0.25, -0.2) is 14.6 Å². The first-order valence-electron chi connectivity index (χ1n) is 13.3. The van der Waals surface area contributed by atoms with Crippen molar-refractivity contribution < 1.29 is 28.8 Å².